The summed E-state index contributed by atoms with van der Waals surface area (Å²) in [5.41, 5.74) is 9.66. The Morgan fingerprint density at radius 1 is 1.12 bits per heavy atom. The quantitative estimate of drug-likeness (QED) is 0.542. The maximum absolute atomic E-state index is 12.1. The van der Waals surface area contributed by atoms with Crippen molar-refractivity contribution in [3.05, 3.63) is 63.4 Å². The van der Waals surface area contributed by atoms with E-state index in [0.29, 0.717) is 16.8 Å². The van der Waals surface area contributed by atoms with Gasteiger partial charge in [-0.3, -0.25) is 4.79 Å². The molecule has 136 valence electrons. The summed E-state index contributed by atoms with van der Waals surface area (Å²) in [5.74, 6) is 0. The minimum Gasteiger partial charge on any atom is -0.399 e. The Morgan fingerprint density at radius 3 is 2.54 bits per heavy atom. The van der Waals surface area contributed by atoms with Crippen LogP contribution >= 0.6 is 22.9 Å². The van der Waals surface area contributed by atoms with Gasteiger partial charge >= 0.3 is 0 Å². The number of pyridine rings is 1. The molecule has 1 aromatic carbocycles. The number of anilines is 1. The number of benzene rings is 1. The summed E-state index contributed by atoms with van der Waals surface area (Å²) in [4.78, 5) is 13.2. The molecule has 0 unspecified atom stereocenters. The predicted octanol–water partition coefficient (Wildman–Crippen LogP) is 6.23. The first-order valence-electron chi connectivity index (χ1n) is 8.98. The van der Waals surface area contributed by atoms with Crippen molar-refractivity contribution in [2.45, 2.75) is 39.2 Å². The third kappa shape index (κ3) is 3.71. The predicted molar refractivity (Wildman–Crippen MR) is 113 cm³/mol. The third-order valence-electron chi connectivity index (χ3n) is 4.60. The van der Waals surface area contributed by atoms with Gasteiger partial charge in [0.05, 0.1) is 5.02 Å². The van der Waals surface area contributed by atoms with E-state index >= 15 is 0 Å². The Bertz CT molecular complexity index is 957. The molecule has 0 radical (unpaired) electrons. The number of thiophene rings is 1. The molecule has 0 bridgehead atoms. The van der Waals surface area contributed by atoms with Gasteiger partial charge in [0.15, 0.2) is 0 Å². The Hall–Kier alpha value is -2.04. The zero-order valence-electron chi connectivity index (χ0n) is 15.0. The molecule has 3 aromatic rings. The molecule has 0 aliphatic heterocycles. The van der Waals surface area contributed by atoms with Gasteiger partial charge < -0.3 is 10.3 Å². The summed E-state index contributed by atoms with van der Waals surface area (Å²) in [7, 11) is 0. The number of nitrogens with zero attached hydrogens (tertiary/aromatic N) is 1. The second-order valence-corrected chi connectivity index (χ2v) is 7.51. The Labute approximate surface area is 163 Å². The van der Waals surface area contributed by atoms with Crippen molar-refractivity contribution >= 4 is 28.6 Å². The van der Waals surface area contributed by atoms with Gasteiger partial charge in [0.25, 0.3) is 5.56 Å². The van der Waals surface area contributed by atoms with Crippen molar-refractivity contribution < 1.29 is 0 Å². The van der Waals surface area contributed by atoms with Crippen LogP contribution < -0.4 is 11.3 Å². The lowest BCUT2D eigenvalue weighted by molar-refractivity contribution is 0.306. The molecule has 0 amide bonds. The molecule has 0 atom stereocenters. The van der Waals surface area contributed by atoms with E-state index in [1.54, 1.807) is 23.5 Å². The molecule has 3 nitrogen and oxygen atoms in total. The molecular formula is C21H23ClN2OS. The van der Waals surface area contributed by atoms with Crippen LogP contribution in [0.2, 0.25) is 5.02 Å². The summed E-state index contributed by atoms with van der Waals surface area (Å²) in [5, 5.41) is 2.76. The monoisotopic (exact) mass is 386 g/mol. The van der Waals surface area contributed by atoms with E-state index in [1.807, 2.05) is 42.8 Å². The number of hydrogen-bond acceptors (Lipinski definition) is 3. The highest BCUT2D eigenvalue weighted by Gasteiger charge is 2.20. The first kappa shape index (κ1) is 18.7. The van der Waals surface area contributed by atoms with Gasteiger partial charge in [0, 0.05) is 34.4 Å². The molecule has 1 fully saturated rings. The standard InChI is InChI=1S/C19H17ClN2OS.C2H6/c20-17-9-14(21)5-6-16(17)18-8-13(11-24-18)12-4-7-19(23)22(10-12)15-2-1-3-15;1-2/h4-11,15H,1-3,21H2;1-2H3. The Morgan fingerprint density at radius 2 is 1.88 bits per heavy atom. The van der Waals surface area contributed by atoms with Crippen molar-refractivity contribution in [2.24, 2.45) is 0 Å². The molecule has 0 spiro atoms. The molecule has 1 aliphatic carbocycles. The molecule has 2 N–H and O–H groups in total. The van der Waals surface area contributed by atoms with Crippen LogP contribution in [0.5, 0.6) is 0 Å². The molecule has 2 aromatic heterocycles. The Balaban J connectivity index is 0.000000948. The first-order valence-corrected chi connectivity index (χ1v) is 10.2. The molecular weight excluding hydrogens is 364 g/mol. The Kier molecular flexibility index (Phi) is 5.84. The number of nitrogen functional groups attached to an aromatic ring is 1. The van der Waals surface area contributed by atoms with Crippen LogP contribution in [0, 0.1) is 0 Å². The molecule has 4 rings (SSSR count). The molecule has 2 heterocycles. The van der Waals surface area contributed by atoms with E-state index in [-0.39, 0.29) is 5.56 Å². The number of rotatable bonds is 3. The second-order valence-electron chi connectivity index (χ2n) is 6.19. The van der Waals surface area contributed by atoms with E-state index in [2.05, 4.69) is 11.4 Å². The van der Waals surface area contributed by atoms with E-state index < -0.39 is 0 Å². The van der Waals surface area contributed by atoms with Crippen LogP contribution in [0.25, 0.3) is 21.6 Å². The largest absolute Gasteiger partial charge is 0.399 e. The lowest BCUT2D eigenvalue weighted by Gasteiger charge is -2.27. The van der Waals surface area contributed by atoms with Crippen molar-refractivity contribution in [2.75, 3.05) is 5.73 Å². The van der Waals surface area contributed by atoms with E-state index in [0.717, 1.165) is 34.4 Å². The van der Waals surface area contributed by atoms with E-state index in [4.69, 9.17) is 17.3 Å². The smallest absolute Gasteiger partial charge is 0.250 e. The zero-order valence-corrected chi connectivity index (χ0v) is 16.6. The molecule has 26 heavy (non-hydrogen) atoms. The lowest BCUT2D eigenvalue weighted by atomic mass is 9.92. The van der Waals surface area contributed by atoms with Crippen LogP contribution in [-0.2, 0) is 0 Å². The van der Waals surface area contributed by atoms with Crippen LogP contribution in [-0.4, -0.2) is 4.57 Å². The van der Waals surface area contributed by atoms with Crippen LogP contribution in [0.3, 0.4) is 0 Å². The van der Waals surface area contributed by atoms with Crippen LogP contribution in [0.1, 0.15) is 39.2 Å². The summed E-state index contributed by atoms with van der Waals surface area (Å²) in [6.07, 6.45) is 5.39. The van der Waals surface area contributed by atoms with Crippen molar-refractivity contribution in [3.8, 4) is 21.6 Å². The van der Waals surface area contributed by atoms with Gasteiger partial charge in [-0.1, -0.05) is 31.5 Å². The normalized spacial score (nSPS) is 13.7. The highest BCUT2D eigenvalue weighted by molar-refractivity contribution is 7.14. The summed E-state index contributed by atoms with van der Waals surface area (Å²) >= 11 is 7.96. The summed E-state index contributed by atoms with van der Waals surface area (Å²) in [6.45, 7) is 4.00. The third-order valence-corrected chi connectivity index (χ3v) is 5.87. The minimum absolute atomic E-state index is 0.0838. The van der Waals surface area contributed by atoms with E-state index in [9.17, 15) is 4.79 Å². The first-order chi connectivity index (χ1) is 12.6. The molecule has 5 heteroatoms. The number of halogens is 1. The highest BCUT2D eigenvalue weighted by atomic mass is 35.5. The minimum atomic E-state index is 0.0838. The van der Waals surface area contributed by atoms with Crippen molar-refractivity contribution in [3.63, 3.8) is 0 Å². The fraction of sp³-hybridized carbons (Fsp3) is 0.286. The van der Waals surface area contributed by atoms with Gasteiger partial charge in [0.1, 0.15) is 0 Å². The lowest BCUT2D eigenvalue weighted by Crippen LogP contribution is -2.27. The number of aromatic nitrogens is 1. The van der Waals surface area contributed by atoms with E-state index in [1.165, 1.54) is 6.42 Å². The maximum atomic E-state index is 12.1. The van der Waals surface area contributed by atoms with Crippen molar-refractivity contribution in [1.29, 1.82) is 0 Å². The number of hydrogen-bond donors (Lipinski definition) is 1. The topological polar surface area (TPSA) is 48.0 Å². The summed E-state index contributed by atoms with van der Waals surface area (Å²) < 4.78 is 1.88. The molecule has 1 saturated carbocycles. The van der Waals surface area contributed by atoms with Crippen LogP contribution in [0.15, 0.2) is 52.8 Å². The zero-order chi connectivity index (χ0) is 18.7. The highest BCUT2D eigenvalue weighted by Crippen LogP contribution is 2.37. The van der Waals surface area contributed by atoms with Gasteiger partial charge in [-0.15, -0.1) is 11.3 Å². The van der Waals surface area contributed by atoms with Gasteiger partial charge in [0.2, 0.25) is 0 Å². The average Bonchev–Trinajstić information content (AvgIpc) is 3.07. The number of nitrogens with two attached hydrogens (primary N) is 1. The van der Waals surface area contributed by atoms with Gasteiger partial charge in [-0.25, -0.2) is 0 Å². The SMILES string of the molecule is CC.Nc1ccc(-c2cc(-c3ccc(=O)n(C4CCC4)c3)cs2)c(Cl)c1. The fourth-order valence-corrected chi connectivity index (χ4v) is 4.29. The van der Waals surface area contributed by atoms with Gasteiger partial charge in [-0.05, 0) is 60.0 Å². The van der Waals surface area contributed by atoms with Gasteiger partial charge in [-0.2, -0.15) is 0 Å². The molecule has 1 aliphatic rings. The fourth-order valence-electron chi connectivity index (χ4n) is 2.98. The van der Waals surface area contributed by atoms with Crippen molar-refractivity contribution in [1.82, 2.24) is 4.57 Å². The van der Waals surface area contributed by atoms with Crippen LogP contribution in [0.4, 0.5) is 5.69 Å². The second kappa shape index (κ2) is 8.11. The maximum Gasteiger partial charge on any atom is 0.250 e. The summed E-state index contributed by atoms with van der Waals surface area (Å²) in [6, 6.07) is 11.6. The molecule has 0 saturated heterocycles. The average molecular weight is 387 g/mol.